The lowest BCUT2D eigenvalue weighted by atomic mass is 10.1. The van der Waals surface area contributed by atoms with Gasteiger partial charge in [0, 0.05) is 11.9 Å². The van der Waals surface area contributed by atoms with Gasteiger partial charge in [-0.3, -0.25) is 4.79 Å². The highest BCUT2D eigenvalue weighted by atomic mass is 35.5. The molecule has 0 unspecified atom stereocenters. The van der Waals surface area contributed by atoms with Gasteiger partial charge >= 0.3 is 5.97 Å². The van der Waals surface area contributed by atoms with Gasteiger partial charge in [-0.2, -0.15) is 0 Å². The van der Waals surface area contributed by atoms with Gasteiger partial charge in [-0.15, -0.1) is 0 Å². The van der Waals surface area contributed by atoms with Crippen molar-refractivity contribution in [2.75, 3.05) is 6.61 Å². The fourth-order valence-corrected chi connectivity index (χ4v) is 2.38. The van der Waals surface area contributed by atoms with E-state index < -0.39 is 11.9 Å². The lowest BCUT2D eigenvalue weighted by Crippen LogP contribution is -2.24. The van der Waals surface area contributed by atoms with Crippen LogP contribution in [0, 0.1) is 0 Å². The molecular formula is C20H20ClNO5. The normalized spacial score (nSPS) is 11.0. The molecule has 2 aromatic rings. The third kappa shape index (κ3) is 6.34. The maximum absolute atomic E-state index is 11.3. The molecule has 142 valence electrons. The summed E-state index contributed by atoms with van der Waals surface area (Å²) in [6.07, 6.45) is 1.36. The van der Waals surface area contributed by atoms with Crippen LogP contribution in [-0.2, 0) is 16.2 Å². The molecular weight excluding hydrogens is 370 g/mol. The average Bonchev–Trinajstić information content (AvgIpc) is 2.61. The van der Waals surface area contributed by atoms with Crippen LogP contribution in [-0.4, -0.2) is 23.6 Å². The zero-order valence-corrected chi connectivity index (χ0v) is 15.7. The summed E-state index contributed by atoms with van der Waals surface area (Å²) in [5.74, 6) is -0.684. The van der Waals surface area contributed by atoms with E-state index in [1.807, 2.05) is 19.1 Å². The average molecular weight is 390 g/mol. The van der Waals surface area contributed by atoms with Crippen LogP contribution in [0.5, 0.6) is 11.5 Å². The first kappa shape index (κ1) is 20.3. The summed E-state index contributed by atoms with van der Waals surface area (Å²) in [5, 5.41) is 12.1. The Morgan fingerprint density at radius 1 is 1.11 bits per heavy atom. The van der Waals surface area contributed by atoms with E-state index in [2.05, 4.69) is 5.32 Å². The SMILES string of the molecule is CCOc1cc(C=C(NC(C)=O)C(=O)O)ccc1OCc1ccc(Cl)cc1. The van der Waals surface area contributed by atoms with Crippen molar-refractivity contribution in [1.29, 1.82) is 0 Å². The third-order valence-electron chi connectivity index (χ3n) is 3.43. The molecule has 2 aromatic carbocycles. The van der Waals surface area contributed by atoms with Crippen LogP contribution < -0.4 is 14.8 Å². The first-order chi connectivity index (χ1) is 12.9. The van der Waals surface area contributed by atoms with Gasteiger partial charge in [0.15, 0.2) is 11.5 Å². The largest absolute Gasteiger partial charge is 0.490 e. The molecule has 0 aliphatic heterocycles. The summed E-state index contributed by atoms with van der Waals surface area (Å²) in [6.45, 7) is 3.84. The minimum Gasteiger partial charge on any atom is -0.490 e. The molecule has 0 spiro atoms. The van der Waals surface area contributed by atoms with Crippen LogP contribution >= 0.6 is 11.6 Å². The standard InChI is InChI=1S/C20H20ClNO5/c1-3-26-19-11-15(10-17(20(24)25)22-13(2)23)6-9-18(19)27-12-14-4-7-16(21)8-5-14/h4-11H,3,12H2,1-2H3,(H,22,23)(H,24,25). The zero-order valence-electron chi connectivity index (χ0n) is 15.0. The third-order valence-corrected chi connectivity index (χ3v) is 3.68. The van der Waals surface area contributed by atoms with Gasteiger partial charge in [0.25, 0.3) is 0 Å². The topological polar surface area (TPSA) is 84.9 Å². The number of hydrogen-bond donors (Lipinski definition) is 2. The number of benzene rings is 2. The van der Waals surface area contributed by atoms with E-state index in [-0.39, 0.29) is 5.70 Å². The van der Waals surface area contributed by atoms with Crippen molar-refractivity contribution in [3.63, 3.8) is 0 Å². The second kappa shape index (κ2) is 9.64. The quantitative estimate of drug-likeness (QED) is 0.669. The molecule has 27 heavy (non-hydrogen) atoms. The maximum atomic E-state index is 11.3. The summed E-state index contributed by atoms with van der Waals surface area (Å²) < 4.78 is 11.4. The van der Waals surface area contributed by atoms with Crippen LogP contribution in [0.3, 0.4) is 0 Å². The molecule has 0 bridgehead atoms. The van der Waals surface area contributed by atoms with E-state index in [1.165, 1.54) is 13.0 Å². The Hall–Kier alpha value is -2.99. The van der Waals surface area contributed by atoms with Crippen molar-refractivity contribution in [1.82, 2.24) is 5.32 Å². The lowest BCUT2D eigenvalue weighted by Gasteiger charge is -2.13. The minimum absolute atomic E-state index is 0.222. The minimum atomic E-state index is -1.23. The predicted octanol–water partition coefficient (Wildman–Crippen LogP) is 3.88. The van der Waals surface area contributed by atoms with Crippen LogP contribution in [0.2, 0.25) is 5.02 Å². The van der Waals surface area contributed by atoms with Crippen molar-refractivity contribution < 1.29 is 24.2 Å². The Balaban J connectivity index is 2.23. The molecule has 0 saturated heterocycles. The Morgan fingerprint density at radius 3 is 2.41 bits per heavy atom. The van der Waals surface area contributed by atoms with Gasteiger partial charge in [-0.05, 0) is 48.4 Å². The molecule has 0 aliphatic carbocycles. The first-order valence-corrected chi connectivity index (χ1v) is 8.63. The monoisotopic (exact) mass is 389 g/mol. The molecule has 6 nitrogen and oxygen atoms in total. The summed E-state index contributed by atoms with van der Waals surface area (Å²) in [7, 11) is 0. The first-order valence-electron chi connectivity index (χ1n) is 8.25. The van der Waals surface area contributed by atoms with Gasteiger partial charge in [-0.1, -0.05) is 29.8 Å². The summed E-state index contributed by atoms with van der Waals surface area (Å²) in [6, 6.07) is 12.3. The highest BCUT2D eigenvalue weighted by Crippen LogP contribution is 2.30. The van der Waals surface area contributed by atoms with Crippen molar-refractivity contribution >= 4 is 29.6 Å². The number of aliphatic carboxylic acids is 1. The van der Waals surface area contributed by atoms with Crippen LogP contribution in [0.15, 0.2) is 48.2 Å². The number of nitrogens with one attached hydrogen (secondary N) is 1. The number of carbonyl (C=O) groups is 2. The van der Waals surface area contributed by atoms with Crippen LogP contribution in [0.25, 0.3) is 6.08 Å². The van der Waals surface area contributed by atoms with Gasteiger partial charge < -0.3 is 19.9 Å². The molecule has 0 atom stereocenters. The number of amides is 1. The predicted molar refractivity (Wildman–Crippen MR) is 103 cm³/mol. The zero-order chi connectivity index (χ0) is 19.8. The molecule has 0 aliphatic rings. The van der Waals surface area contributed by atoms with Crippen molar-refractivity contribution in [3.05, 3.63) is 64.3 Å². The highest BCUT2D eigenvalue weighted by Gasteiger charge is 2.11. The van der Waals surface area contributed by atoms with Gasteiger partial charge in [-0.25, -0.2) is 4.79 Å². The van der Waals surface area contributed by atoms with Crippen molar-refractivity contribution in [2.24, 2.45) is 0 Å². The molecule has 0 fully saturated rings. The fourth-order valence-electron chi connectivity index (χ4n) is 2.25. The van der Waals surface area contributed by atoms with E-state index in [1.54, 1.807) is 30.3 Å². The highest BCUT2D eigenvalue weighted by molar-refractivity contribution is 6.30. The number of hydrogen-bond acceptors (Lipinski definition) is 4. The summed E-state index contributed by atoms with van der Waals surface area (Å²) in [5.41, 5.74) is 1.29. The van der Waals surface area contributed by atoms with Gasteiger partial charge in [0.1, 0.15) is 12.3 Å². The Labute approximate surface area is 162 Å². The number of carboxylic acid groups (broad SMARTS) is 1. The molecule has 0 radical (unpaired) electrons. The molecule has 2 rings (SSSR count). The maximum Gasteiger partial charge on any atom is 0.352 e. The van der Waals surface area contributed by atoms with E-state index in [0.717, 1.165) is 5.56 Å². The number of carboxylic acids is 1. The van der Waals surface area contributed by atoms with E-state index in [9.17, 15) is 14.7 Å². The Bertz CT molecular complexity index is 846. The van der Waals surface area contributed by atoms with Crippen LogP contribution in [0.4, 0.5) is 0 Å². The summed E-state index contributed by atoms with van der Waals surface area (Å²) >= 11 is 5.87. The lowest BCUT2D eigenvalue weighted by molar-refractivity contribution is -0.134. The van der Waals surface area contributed by atoms with Gasteiger partial charge in [0.2, 0.25) is 5.91 Å². The summed E-state index contributed by atoms with van der Waals surface area (Å²) in [4.78, 5) is 22.4. The Morgan fingerprint density at radius 2 is 1.81 bits per heavy atom. The molecule has 7 heteroatoms. The van der Waals surface area contributed by atoms with Crippen molar-refractivity contribution in [3.8, 4) is 11.5 Å². The van der Waals surface area contributed by atoms with E-state index >= 15 is 0 Å². The second-order valence-electron chi connectivity index (χ2n) is 5.60. The van der Waals surface area contributed by atoms with E-state index in [0.29, 0.717) is 35.3 Å². The van der Waals surface area contributed by atoms with E-state index in [4.69, 9.17) is 21.1 Å². The second-order valence-corrected chi connectivity index (χ2v) is 6.04. The molecule has 0 heterocycles. The Kier molecular flexibility index (Phi) is 7.25. The molecule has 1 amide bonds. The molecule has 0 aromatic heterocycles. The number of carbonyl (C=O) groups excluding carboxylic acids is 1. The van der Waals surface area contributed by atoms with Crippen molar-refractivity contribution in [2.45, 2.75) is 20.5 Å². The molecule has 2 N–H and O–H groups in total. The molecule has 0 saturated carbocycles. The fraction of sp³-hybridized carbons (Fsp3) is 0.200. The number of ether oxygens (including phenoxy) is 2. The van der Waals surface area contributed by atoms with Gasteiger partial charge in [0.05, 0.1) is 6.61 Å². The number of halogens is 1. The van der Waals surface area contributed by atoms with Crippen LogP contribution in [0.1, 0.15) is 25.0 Å². The number of rotatable bonds is 8. The smallest absolute Gasteiger partial charge is 0.352 e.